The Labute approximate surface area is 140 Å². The van der Waals surface area contributed by atoms with Crippen LogP contribution in [0.5, 0.6) is 5.75 Å². The fourth-order valence-electron chi connectivity index (χ4n) is 1.89. The smallest absolute Gasteiger partial charge is 0.263 e. The molecular formula is C14H11BrN2O3S2. The number of benzene rings is 2. The second kappa shape index (κ2) is 5.86. The van der Waals surface area contributed by atoms with E-state index in [4.69, 9.17) is 4.74 Å². The average Bonchev–Trinajstić information content (AvgIpc) is 2.90. The molecule has 0 fully saturated rings. The molecule has 0 aliphatic carbocycles. The lowest BCUT2D eigenvalue weighted by Crippen LogP contribution is -2.12. The van der Waals surface area contributed by atoms with Crippen LogP contribution in [0.3, 0.4) is 0 Å². The lowest BCUT2D eigenvalue weighted by Gasteiger charge is -2.05. The summed E-state index contributed by atoms with van der Waals surface area (Å²) >= 11 is 4.69. The molecule has 0 bridgehead atoms. The second-order valence-corrected chi connectivity index (χ2v) is 7.95. The lowest BCUT2D eigenvalue weighted by atomic mass is 10.3. The summed E-state index contributed by atoms with van der Waals surface area (Å²) < 4.78 is 34.0. The third kappa shape index (κ3) is 2.94. The summed E-state index contributed by atoms with van der Waals surface area (Å²) in [4.78, 5) is 4.47. The third-order valence-electron chi connectivity index (χ3n) is 2.96. The zero-order valence-electron chi connectivity index (χ0n) is 11.4. The van der Waals surface area contributed by atoms with Gasteiger partial charge in [-0.15, -0.1) is 0 Å². The van der Waals surface area contributed by atoms with Crippen LogP contribution in [0.4, 0.5) is 5.13 Å². The van der Waals surface area contributed by atoms with Gasteiger partial charge in [0.2, 0.25) is 0 Å². The molecule has 0 aliphatic rings. The minimum absolute atomic E-state index is 0.159. The number of nitrogens with zero attached hydrogens (tertiary/aromatic N) is 1. The molecule has 1 aromatic heterocycles. The Kier molecular flexibility index (Phi) is 4.07. The first-order valence-corrected chi connectivity index (χ1v) is 9.31. The number of rotatable bonds is 4. The van der Waals surface area contributed by atoms with Gasteiger partial charge >= 0.3 is 0 Å². The standard InChI is InChI=1S/C14H11BrN2O3S2/c1-20-9-5-7-10(8-6-9)22(18,19)17-14-16-13-11(15)3-2-4-12(13)21-14/h2-8H,1H3,(H,16,17). The van der Waals surface area contributed by atoms with Crippen LogP contribution in [-0.4, -0.2) is 20.5 Å². The van der Waals surface area contributed by atoms with Gasteiger partial charge in [0.25, 0.3) is 10.0 Å². The lowest BCUT2D eigenvalue weighted by molar-refractivity contribution is 0.414. The molecule has 0 spiro atoms. The highest BCUT2D eigenvalue weighted by Crippen LogP contribution is 2.32. The van der Waals surface area contributed by atoms with Crippen LogP contribution in [-0.2, 0) is 10.0 Å². The number of hydrogen-bond donors (Lipinski definition) is 1. The molecule has 0 unspecified atom stereocenters. The van der Waals surface area contributed by atoms with Crippen LogP contribution in [0.2, 0.25) is 0 Å². The fraction of sp³-hybridized carbons (Fsp3) is 0.0714. The van der Waals surface area contributed by atoms with E-state index < -0.39 is 10.0 Å². The Bertz CT molecular complexity index is 921. The van der Waals surface area contributed by atoms with E-state index in [9.17, 15) is 8.42 Å². The quantitative estimate of drug-likeness (QED) is 0.723. The highest BCUT2D eigenvalue weighted by atomic mass is 79.9. The number of para-hydroxylation sites is 1. The third-order valence-corrected chi connectivity index (χ3v) is 6.02. The van der Waals surface area contributed by atoms with Crippen molar-refractivity contribution in [3.63, 3.8) is 0 Å². The zero-order valence-corrected chi connectivity index (χ0v) is 14.6. The Morgan fingerprint density at radius 1 is 1.18 bits per heavy atom. The van der Waals surface area contributed by atoms with Gasteiger partial charge in [0.05, 0.1) is 22.2 Å². The number of methoxy groups -OCH3 is 1. The van der Waals surface area contributed by atoms with Gasteiger partial charge in [0.15, 0.2) is 5.13 Å². The van der Waals surface area contributed by atoms with Crippen molar-refractivity contribution in [3.8, 4) is 5.75 Å². The van der Waals surface area contributed by atoms with E-state index in [-0.39, 0.29) is 4.90 Å². The number of halogens is 1. The summed E-state index contributed by atoms with van der Waals surface area (Å²) in [6.07, 6.45) is 0. The molecule has 114 valence electrons. The highest BCUT2D eigenvalue weighted by Gasteiger charge is 2.17. The number of aromatic nitrogens is 1. The van der Waals surface area contributed by atoms with Crippen molar-refractivity contribution in [1.29, 1.82) is 0 Å². The first kappa shape index (κ1) is 15.3. The monoisotopic (exact) mass is 398 g/mol. The summed E-state index contributed by atoms with van der Waals surface area (Å²) in [5.74, 6) is 0.600. The van der Waals surface area contributed by atoms with E-state index in [1.165, 1.54) is 30.6 Å². The van der Waals surface area contributed by atoms with Crippen LogP contribution in [0.25, 0.3) is 10.2 Å². The van der Waals surface area contributed by atoms with Crippen LogP contribution in [0.15, 0.2) is 51.8 Å². The molecule has 3 rings (SSSR count). The zero-order chi connectivity index (χ0) is 15.7. The van der Waals surface area contributed by atoms with Gasteiger partial charge in [-0.25, -0.2) is 13.4 Å². The number of hydrogen-bond acceptors (Lipinski definition) is 5. The molecule has 22 heavy (non-hydrogen) atoms. The van der Waals surface area contributed by atoms with Crippen LogP contribution < -0.4 is 9.46 Å². The number of ether oxygens (including phenoxy) is 1. The minimum atomic E-state index is -3.67. The molecule has 0 radical (unpaired) electrons. The molecule has 0 amide bonds. The fourth-order valence-corrected chi connectivity index (χ4v) is 4.60. The van der Waals surface area contributed by atoms with Gasteiger partial charge < -0.3 is 4.74 Å². The predicted octanol–water partition coefficient (Wildman–Crippen LogP) is 3.87. The maximum atomic E-state index is 12.4. The minimum Gasteiger partial charge on any atom is -0.497 e. The van der Waals surface area contributed by atoms with Crippen LogP contribution in [0.1, 0.15) is 0 Å². The van der Waals surface area contributed by atoms with E-state index in [0.717, 1.165) is 14.7 Å². The van der Waals surface area contributed by atoms with Gasteiger partial charge in [-0.2, -0.15) is 0 Å². The van der Waals surface area contributed by atoms with E-state index in [2.05, 4.69) is 25.6 Å². The molecule has 2 aromatic carbocycles. The number of fused-ring (bicyclic) bond motifs is 1. The summed E-state index contributed by atoms with van der Waals surface area (Å²) in [6.45, 7) is 0. The largest absolute Gasteiger partial charge is 0.497 e. The van der Waals surface area contributed by atoms with Gasteiger partial charge in [0.1, 0.15) is 5.75 Å². The second-order valence-electron chi connectivity index (χ2n) is 4.39. The molecule has 1 N–H and O–H groups in total. The van der Waals surface area contributed by atoms with E-state index in [1.807, 2.05) is 18.2 Å². The van der Waals surface area contributed by atoms with Crippen molar-refractivity contribution < 1.29 is 13.2 Å². The van der Waals surface area contributed by atoms with E-state index in [0.29, 0.717) is 10.9 Å². The van der Waals surface area contributed by atoms with E-state index >= 15 is 0 Å². The Morgan fingerprint density at radius 3 is 2.55 bits per heavy atom. The van der Waals surface area contributed by atoms with Crippen molar-refractivity contribution in [1.82, 2.24) is 4.98 Å². The first-order valence-electron chi connectivity index (χ1n) is 6.21. The van der Waals surface area contributed by atoms with Gasteiger partial charge in [0, 0.05) is 4.47 Å². The molecule has 0 atom stereocenters. The number of thiazole rings is 1. The van der Waals surface area contributed by atoms with E-state index in [1.54, 1.807) is 12.1 Å². The molecule has 3 aromatic rings. The molecule has 0 saturated heterocycles. The molecule has 0 aliphatic heterocycles. The Morgan fingerprint density at radius 2 is 1.91 bits per heavy atom. The summed E-state index contributed by atoms with van der Waals surface area (Å²) in [5.41, 5.74) is 0.736. The highest BCUT2D eigenvalue weighted by molar-refractivity contribution is 9.10. The van der Waals surface area contributed by atoms with Gasteiger partial charge in [-0.1, -0.05) is 17.4 Å². The summed E-state index contributed by atoms with van der Waals surface area (Å²) in [7, 11) is -2.14. The summed E-state index contributed by atoms with van der Waals surface area (Å²) in [6, 6.07) is 11.8. The van der Waals surface area contributed by atoms with Crippen LogP contribution >= 0.6 is 27.3 Å². The number of nitrogens with one attached hydrogen (secondary N) is 1. The van der Waals surface area contributed by atoms with Crippen molar-refractivity contribution in [2.45, 2.75) is 4.90 Å². The molecule has 8 heteroatoms. The molecule has 5 nitrogen and oxygen atoms in total. The van der Waals surface area contributed by atoms with Gasteiger partial charge in [-0.05, 0) is 52.3 Å². The average molecular weight is 399 g/mol. The predicted molar refractivity (Wildman–Crippen MR) is 91.1 cm³/mol. The Balaban J connectivity index is 1.93. The first-order chi connectivity index (χ1) is 10.5. The normalized spacial score (nSPS) is 11.5. The van der Waals surface area contributed by atoms with Crippen molar-refractivity contribution in [3.05, 3.63) is 46.9 Å². The SMILES string of the molecule is COc1ccc(S(=O)(=O)Nc2nc3c(Br)cccc3s2)cc1. The molecule has 0 saturated carbocycles. The maximum Gasteiger partial charge on any atom is 0.263 e. The maximum absolute atomic E-state index is 12.4. The molecule has 1 heterocycles. The topological polar surface area (TPSA) is 68.3 Å². The van der Waals surface area contributed by atoms with Crippen molar-refractivity contribution in [2.24, 2.45) is 0 Å². The van der Waals surface area contributed by atoms with Gasteiger partial charge in [-0.3, -0.25) is 4.72 Å². The summed E-state index contributed by atoms with van der Waals surface area (Å²) in [5, 5.41) is 0.331. The number of sulfonamides is 1. The van der Waals surface area contributed by atoms with Crippen molar-refractivity contribution in [2.75, 3.05) is 11.8 Å². The molecular weight excluding hydrogens is 388 g/mol. The van der Waals surface area contributed by atoms with Crippen molar-refractivity contribution >= 4 is 52.6 Å². The van der Waals surface area contributed by atoms with Crippen LogP contribution in [0, 0.1) is 0 Å². The number of anilines is 1. The Hall–Kier alpha value is -1.64.